The molecule has 0 unspecified atom stereocenters. The van der Waals surface area contributed by atoms with Gasteiger partial charge in [0.15, 0.2) is 0 Å². The topological polar surface area (TPSA) is 42.1 Å². The number of hydrogen-bond donors (Lipinski definition) is 1. The minimum atomic E-state index is -0.279. The van der Waals surface area contributed by atoms with Gasteiger partial charge in [0, 0.05) is 11.4 Å². The maximum Gasteiger partial charge on any atom is 0.339 e. The van der Waals surface area contributed by atoms with Crippen LogP contribution in [0.1, 0.15) is 23.0 Å². The van der Waals surface area contributed by atoms with Crippen LogP contribution in [0.3, 0.4) is 0 Å². The molecule has 3 aromatic rings. The second-order valence-corrected chi connectivity index (χ2v) is 5.00. The van der Waals surface area contributed by atoms with Crippen LogP contribution in [0.4, 0.5) is 0 Å². The van der Waals surface area contributed by atoms with E-state index in [1.807, 2.05) is 32.0 Å². The van der Waals surface area contributed by atoms with E-state index in [1.165, 1.54) is 10.8 Å². The molecule has 2 aromatic carbocycles. The van der Waals surface area contributed by atoms with E-state index in [0.717, 1.165) is 17.0 Å². The molecule has 0 amide bonds. The number of ether oxygens (including phenoxy) is 1. The van der Waals surface area contributed by atoms with Crippen LogP contribution in [-0.4, -0.2) is 17.6 Å². The van der Waals surface area contributed by atoms with E-state index in [4.69, 9.17) is 4.74 Å². The van der Waals surface area contributed by atoms with E-state index < -0.39 is 0 Å². The van der Waals surface area contributed by atoms with Gasteiger partial charge in [0.2, 0.25) is 0 Å². The summed E-state index contributed by atoms with van der Waals surface area (Å²) in [5.74, 6) is -0.279. The number of carbonyl (C=O) groups is 1. The summed E-state index contributed by atoms with van der Waals surface area (Å²) in [5, 5.41) is 2.38. The molecular formula is C18H17NO2. The number of nitrogens with one attached hydrogen (secondary N) is 1. The van der Waals surface area contributed by atoms with Crippen molar-refractivity contribution >= 4 is 16.7 Å². The van der Waals surface area contributed by atoms with E-state index in [-0.39, 0.29) is 5.97 Å². The number of aromatic amines is 1. The average molecular weight is 279 g/mol. The summed E-state index contributed by atoms with van der Waals surface area (Å²) >= 11 is 0. The smallest absolute Gasteiger partial charge is 0.339 e. The molecule has 1 heterocycles. The molecule has 1 N–H and O–H groups in total. The second kappa shape index (κ2) is 5.44. The molecule has 106 valence electrons. The summed E-state index contributed by atoms with van der Waals surface area (Å²) in [6.45, 7) is 4.08. The highest BCUT2D eigenvalue weighted by Crippen LogP contribution is 2.26. The Kier molecular flexibility index (Phi) is 3.48. The molecule has 3 heteroatoms. The van der Waals surface area contributed by atoms with Gasteiger partial charge in [0.1, 0.15) is 0 Å². The number of fused-ring (bicyclic) bond motifs is 1. The molecule has 21 heavy (non-hydrogen) atoms. The summed E-state index contributed by atoms with van der Waals surface area (Å²) in [6.07, 6.45) is 0. The molecule has 0 bridgehead atoms. The minimum absolute atomic E-state index is 0.279. The number of carbonyl (C=O) groups excluding carboxylic acids is 1. The number of aryl methyl sites for hydroxylation is 1. The van der Waals surface area contributed by atoms with Gasteiger partial charge in [-0.15, -0.1) is 0 Å². The molecule has 0 spiro atoms. The molecule has 0 aliphatic heterocycles. The lowest BCUT2D eigenvalue weighted by atomic mass is 10.1. The zero-order chi connectivity index (χ0) is 14.8. The highest BCUT2D eigenvalue weighted by Gasteiger charge is 2.14. The molecule has 0 fully saturated rings. The maximum atomic E-state index is 11.9. The van der Waals surface area contributed by atoms with Crippen molar-refractivity contribution in [2.75, 3.05) is 6.61 Å². The fourth-order valence-corrected chi connectivity index (χ4v) is 2.49. The Morgan fingerprint density at radius 2 is 1.86 bits per heavy atom. The molecule has 3 rings (SSSR count). The van der Waals surface area contributed by atoms with Crippen molar-refractivity contribution in [3.05, 3.63) is 59.8 Å². The van der Waals surface area contributed by atoms with E-state index >= 15 is 0 Å². The van der Waals surface area contributed by atoms with Crippen molar-refractivity contribution in [2.45, 2.75) is 13.8 Å². The van der Waals surface area contributed by atoms with Crippen LogP contribution in [0.5, 0.6) is 0 Å². The lowest BCUT2D eigenvalue weighted by Gasteiger charge is -2.01. The van der Waals surface area contributed by atoms with Crippen LogP contribution in [0.15, 0.2) is 48.5 Å². The number of rotatable bonds is 3. The molecule has 3 nitrogen and oxygen atoms in total. The Bertz CT molecular complexity index is 802. The molecule has 0 aliphatic carbocycles. The molecule has 0 atom stereocenters. The molecule has 0 saturated heterocycles. The van der Waals surface area contributed by atoms with Gasteiger partial charge in [-0.2, -0.15) is 0 Å². The van der Waals surface area contributed by atoms with Crippen LogP contribution >= 0.6 is 0 Å². The van der Waals surface area contributed by atoms with E-state index in [0.29, 0.717) is 12.2 Å². The summed E-state index contributed by atoms with van der Waals surface area (Å²) in [6, 6.07) is 16.3. The van der Waals surface area contributed by atoms with Gasteiger partial charge in [-0.05, 0) is 42.3 Å². The van der Waals surface area contributed by atoms with Crippen LogP contribution in [0.25, 0.3) is 22.0 Å². The standard InChI is InChI=1S/C18H17NO2/c1-3-21-18(20)16-11-17(19-12(16)2)15-9-8-13-6-4-5-7-14(13)10-15/h4-11,19H,3H2,1-2H3. The third-order valence-electron chi connectivity index (χ3n) is 3.57. The monoisotopic (exact) mass is 279 g/mol. The Hall–Kier alpha value is -2.55. The average Bonchev–Trinajstić information content (AvgIpc) is 2.89. The third kappa shape index (κ3) is 2.55. The van der Waals surface area contributed by atoms with E-state index in [9.17, 15) is 4.79 Å². The van der Waals surface area contributed by atoms with Gasteiger partial charge >= 0.3 is 5.97 Å². The number of aromatic nitrogens is 1. The first-order chi connectivity index (χ1) is 10.2. The number of benzene rings is 2. The van der Waals surface area contributed by atoms with Crippen LogP contribution in [0.2, 0.25) is 0 Å². The Labute approximate surface area is 123 Å². The first-order valence-electron chi connectivity index (χ1n) is 7.05. The van der Waals surface area contributed by atoms with E-state index in [2.05, 4.69) is 35.3 Å². The predicted molar refractivity (Wildman–Crippen MR) is 84.4 cm³/mol. The summed E-state index contributed by atoms with van der Waals surface area (Å²) in [5.41, 5.74) is 3.42. The van der Waals surface area contributed by atoms with Crippen molar-refractivity contribution in [1.29, 1.82) is 0 Å². The lowest BCUT2D eigenvalue weighted by Crippen LogP contribution is -2.04. The molecule has 0 radical (unpaired) electrons. The quantitative estimate of drug-likeness (QED) is 0.725. The van der Waals surface area contributed by atoms with Crippen LogP contribution < -0.4 is 0 Å². The van der Waals surface area contributed by atoms with Gasteiger partial charge < -0.3 is 9.72 Å². The summed E-state index contributed by atoms with van der Waals surface area (Å²) in [7, 11) is 0. The highest BCUT2D eigenvalue weighted by molar-refractivity contribution is 5.93. The van der Waals surface area contributed by atoms with Gasteiger partial charge in [-0.3, -0.25) is 0 Å². The van der Waals surface area contributed by atoms with Crippen molar-refractivity contribution in [3.8, 4) is 11.3 Å². The molecular weight excluding hydrogens is 262 g/mol. The fourth-order valence-electron chi connectivity index (χ4n) is 2.49. The third-order valence-corrected chi connectivity index (χ3v) is 3.57. The molecule has 0 saturated carbocycles. The second-order valence-electron chi connectivity index (χ2n) is 5.00. The number of H-pyrrole nitrogens is 1. The predicted octanol–water partition coefficient (Wildman–Crippen LogP) is 4.32. The fraction of sp³-hybridized carbons (Fsp3) is 0.167. The first kappa shape index (κ1) is 13.4. The minimum Gasteiger partial charge on any atom is -0.462 e. The Morgan fingerprint density at radius 3 is 2.62 bits per heavy atom. The zero-order valence-corrected chi connectivity index (χ0v) is 12.1. The maximum absolute atomic E-state index is 11.9. The number of hydrogen-bond acceptors (Lipinski definition) is 2. The normalized spacial score (nSPS) is 10.8. The Balaban J connectivity index is 2.02. The number of esters is 1. The van der Waals surface area contributed by atoms with Crippen molar-refractivity contribution in [2.24, 2.45) is 0 Å². The van der Waals surface area contributed by atoms with Crippen molar-refractivity contribution in [3.63, 3.8) is 0 Å². The van der Waals surface area contributed by atoms with Gasteiger partial charge in [-0.25, -0.2) is 4.79 Å². The van der Waals surface area contributed by atoms with Crippen molar-refractivity contribution in [1.82, 2.24) is 4.98 Å². The largest absolute Gasteiger partial charge is 0.462 e. The van der Waals surface area contributed by atoms with Gasteiger partial charge in [-0.1, -0.05) is 36.4 Å². The van der Waals surface area contributed by atoms with Crippen LogP contribution in [-0.2, 0) is 4.74 Å². The first-order valence-corrected chi connectivity index (χ1v) is 7.05. The molecule has 0 aliphatic rings. The van der Waals surface area contributed by atoms with Gasteiger partial charge in [0.05, 0.1) is 12.2 Å². The van der Waals surface area contributed by atoms with Crippen molar-refractivity contribution < 1.29 is 9.53 Å². The summed E-state index contributed by atoms with van der Waals surface area (Å²) < 4.78 is 5.07. The van der Waals surface area contributed by atoms with Gasteiger partial charge in [0.25, 0.3) is 0 Å². The molecule has 1 aromatic heterocycles. The SMILES string of the molecule is CCOC(=O)c1cc(-c2ccc3ccccc3c2)[nH]c1C. The van der Waals surface area contributed by atoms with E-state index in [1.54, 1.807) is 0 Å². The zero-order valence-electron chi connectivity index (χ0n) is 12.1. The van der Waals surface area contributed by atoms with Crippen LogP contribution in [0, 0.1) is 6.92 Å². The highest BCUT2D eigenvalue weighted by atomic mass is 16.5. The lowest BCUT2D eigenvalue weighted by molar-refractivity contribution is 0.0526. The summed E-state index contributed by atoms with van der Waals surface area (Å²) in [4.78, 5) is 15.1. The Morgan fingerprint density at radius 1 is 1.10 bits per heavy atom.